The van der Waals surface area contributed by atoms with Crippen LogP contribution in [0.5, 0.6) is 5.75 Å². The van der Waals surface area contributed by atoms with Gasteiger partial charge >= 0.3 is 0 Å². The molecule has 1 aromatic carbocycles. The molecule has 2 rings (SSSR count). The first-order valence-electron chi connectivity index (χ1n) is 6.56. The lowest BCUT2D eigenvalue weighted by Gasteiger charge is -2.12. The summed E-state index contributed by atoms with van der Waals surface area (Å²) in [6, 6.07) is 4.13. The summed E-state index contributed by atoms with van der Waals surface area (Å²) in [7, 11) is 1.33. The van der Waals surface area contributed by atoms with E-state index in [2.05, 4.69) is 36.8 Å². The highest BCUT2D eigenvalue weighted by molar-refractivity contribution is 9.10. The number of anilines is 1. The monoisotopic (exact) mass is 402 g/mol. The van der Waals surface area contributed by atoms with Crippen molar-refractivity contribution in [2.24, 2.45) is 0 Å². The number of benzene rings is 1. The third kappa shape index (κ3) is 4.55. The number of aromatic nitrogens is 2. The Morgan fingerprint density at radius 1 is 1.35 bits per heavy atom. The molecule has 0 aliphatic carbocycles. The second kappa shape index (κ2) is 8.11. The highest BCUT2D eigenvalue weighted by Crippen LogP contribution is 2.23. The SMILES string of the molecule is COc1ccc(F)c(CCNC(=S)Nc2nnccc2Br)c1F. The maximum absolute atomic E-state index is 14.0. The van der Waals surface area contributed by atoms with Crippen LogP contribution in [0.1, 0.15) is 5.56 Å². The topological polar surface area (TPSA) is 59.1 Å². The minimum atomic E-state index is -0.704. The van der Waals surface area contributed by atoms with Crippen LogP contribution >= 0.6 is 28.1 Å². The second-order valence-corrected chi connectivity index (χ2v) is 5.66. The Morgan fingerprint density at radius 3 is 2.83 bits per heavy atom. The first kappa shape index (κ1) is 17.5. The van der Waals surface area contributed by atoms with Crippen LogP contribution in [-0.4, -0.2) is 29.0 Å². The van der Waals surface area contributed by atoms with Gasteiger partial charge in [-0.1, -0.05) is 0 Å². The lowest BCUT2D eigenvalue weighted by atomic mass is 10.1. The smallest absolute Gasteiger partial charge is 0.172 e. The van der Waals surface area contributed by atoms with Gasteiger partial charge in [0.05, 0.1) is 17.8 Å². The Balaban J connectivity index is 1.93. The molecule has 0 bridgehead atoms. The van der Waals surface area contributed by atoms with Crippen LogP contribution in [-0.2, 0) is 6.42 Å². The molecule has 122 valence electrons. The number of hydrogen-bond acceptors (Lipinski definition) is 4. The van der Waals surface area contributed by atoms with Crippen LogP contribution in [0.15, 0.2) is 28.9 Å². The summed E-state index contributed by atoms with van der Waals surface area (Å²) in [6.07, 6.45) is 1.64. The molecule has 2 aromatic rings. The van der Waals surface area contributed by atoms with Gasteiger partial charge in [0, 0.05) is 12.1 Å². The van der Waals surface area contributed by atoms with Crippen molar-refractivity contribution in [3.05, 3.63) is 46.1 Å². The van der Waals surface area contributed by atoms with E-state index in [1.54, 1.807) is 6.07 Å². The first-order chi connectivity index (χ1) is 11.0. The lowest BCUT2D eigenvalue weighted by Crippen LogP contribution is -2.31. The van der Waals surface area contributed by atoms with Crippen LogP contribution in [0.2, 0.25) is 0 Å². The molecule has 0 radical (unpaired) electrons. The molecule has 2 N–H and O–H groups in total. The van der Waals surface area contributed by atoms with Crippen molar-refractivity contribution in [3.63, 3.8) is 0 Å². The van der Waals surface area contributed by atoms with Gasteiger partial charge in [-0.3, -0.25) is 0 Å². The largest absolute Gasteiger partial charge is 0.494 e. The molecule has 0 fully saturated rings. The number of ether oxygens (including phenoxy) is 1. The minimum Gasteiger partial charge on any atom is -0.494 e. The average molecular weight is 403 g/mol. The zero-order valence-electron chi connectivity index (χ0n) is 12.1. The molecule has 0 saturated carbocycles. The van der Waals surface area contributed by atoms with E-state index >= 15 is 0 Å². The second-order valence-electron chi connectivity index (χ2n) is 4.40. The van der Waals surface area contributed by atoms with Crippen molar-refractivity contribution in [2.45, 2.75) is 6.42 Å². The van der Waals surface area contributed by atoms with Gasteiger partial charge in [-0.05, 0) is 52.8 Å². The van der Waals surface area contributed by atoms with E-state index in [0.717, 1.165) is 0 Å². The minimum absolute atomic E-state index is 0.00518. The van der Waals surface area contributed by atoms with Gasteiger partial charge in [-0.25, -0.2) is 8.78 Å². The summed E-state index contributed by atoms with van der Waals surface area (Å²) in [6.45, 7) is 0.241. The normalized spacial score (nSPS) is 10.3. The van der Waals surface area contributed by atoms with Gasteiger partial charge in [0.1, 0.15) is 5.82 Å². The summed E-state index contributed by atoms with van der Waals surface area (Å²) >= 11 is 8.40. The fourth-order valence-electron chi connectivity index (χ4n) is 1.82. The predicted molar refractivity (Wildman–Crippen MR) is 90.6 cm³/mol. The van der Waals surface area contributed by atoms with E-state index in [0.29, 0.717) is 10.3 Å². The summed E-state index contributed by atoms with van der Waals surface area (Å²) in [5, 5.41) is 13.6. The molecule has 1 aromatic heterocycles. The highest BCUT2D eigenvalue weighted by atomic mass is 79.9. The van der Waals surface area contributed by atoms with Crippen molar-refractivity contribution in [3.8, 4) is 5.75 Å². The van der Waals surface area contributed by atoms with Crippen molar-refractivity contribution in [2.75, 3.05) is 19.0 Å². The molecule has 5 nitrogen and oxygen atoms in total. The van der Waals surface area contributed by atoms with E-state index in [4.69, 9.17) is 17.0 Å². The molecular weight excluding hydrogens is 390 g/mol. The Bertz CT molecular complexity index is 717. The van der Waals surface area contributed by atoms with Crippen molar-refractivity contribution in [1.29, 1.82) is 0 Å². The Morgan fingerprint density at radius 2 is 2.13 bits per heavy atom. The van der Waals surface area contributed by atoms with Crippen molar-refractivity contribution < 1.29 is 13.5 Å². The fraction of sp³-hybridized carbons (Fsp3) is 0.214. The molecule has 23 heavy (non-hydrogen) atoms. The Labute approximate surface area is 145 Å². The summed E-state index contributed by atoms with van der Waals surface area (Å²) in [4.78, 5) is 0. The molecule has 9 heteroatoms. The van der Waals surface area contributed by atoms with Gasteiger partial charge in [-0.15, -0.1) is 5.10 Å². The third-order valence-electron chi connectivity index (χ3n) is 2.93. The number of rotatable bonds is 5. The maximum Gasteiger partial charge on any atom is 0.172 e. The van der Waals surface area contributed by atoms with Gasteiger partial charge in [0.15, 0.2) is 22.5 Å². The van der Waals surface area contributed by atoms with Crippen LogP contribution in [0, 0.1) is 11.6 Å². The molecule has 0 aliphatic rings. The van der Waals surface area contributed by atoms with Crippen LogP contribution in [0.4, 0.5) is 14.6 Å². The number of thiocarbonyl (C=S) groups is 1. The van der Waals surface area contributed by atoms with Crippen LogP contribution in [0.3, 0.4) is 0 Å². The number of nitrogens with zero attached hydrogens (tertiary/aromatic N) is 2. The van der Waals surface area contributed by atoms with Gasteiger partial charge in [-0.2, -0.15) is 5.10 Å². The van der Waals surface area contributed by atoms with E-state index in [1.165, 1.54) is 25.4 Å². The number of methoxy groups -OCH3 is 1. The van der Waals surface area contributed by atoms with Crippen LogP contribution < -0.4 is 15.4 Å². The Hall–Kier alpha value is -1.87. The molecule has 0 unspecified atom stereocenters. The number of nitrogens with one attached hydrogen (secondary N) is 2. The molecule has 0 atom stereocenters. The average Bonchev–Trinajstić information content (AvgIpc) is 2.53. The molecule has 0 amide bonds. The molecule has 0 spiro atoms. The molecular formula is C14H13BrF2N4OS. The zero-order valence-corrected chi connectivity index (χ0v) is 14.5. The van der Waals surface area contributed by atoms with E-state index < -0.39 is 11.6 Å². The van der Waals surface area contributed by atoms with Crippen molar-refractivity contribution >= 4 is 39.1 Å². The summed E-state index contributed by atoms with van der Waals surface area (Å²) in [5.74, 6) is -0.875. The van der Waals surface area contributed by atoms with Gasteiger partial charge in [0.2, 0.25) is 0 Å². The highest BCUT2D eigenvalue weighted by Gasteiger charge is 2.14. The van der Waals surface area contributed by atoms with Gasteiger partial charge in [0.25, 0.3) is 0 Å². The molecule has 1 heterocycles. The summed E-state index contributed by atoms with van der Waals surface area (Å²) < 4.78 is 33.2. The van der Waals surface area contributed by atoms with E-state index in [-0.39, 0.29) is 29.4 Å². The number of halogens is 3. The standard InChI is InChI=1S/C14H13BrF2N4OS/c1-22-11-3-2-10(16)8(12(11)17)4-6-18-14(23)20-13-9(15)5-7-19-21-13/h2-3,5,7H,4,6H2,1H3,(H2,18,20,21,23). The third-order valence-corrected chi connectivity index (χ3v) is 3.82. The first-order valence-corrected chi connectivity index (χ1v) is 7.76. The zero-order chi connectivity index (χ0) is 16.8. The molecule has 0 aliphatic heterocycles. The fourth-order valence-corrected chi connectivity index (χ4v) is 2.31. The lowest BCUT2D eigenvalue weighted by molar-refractivity contribution is 0.380. The Kier molecular flexibility index (Phi) is 6.17. The predicted octanol–water partition coefficient (Wildman–Crippen LogP) is 3.06. The van der Waals surface area contributed by atoms with Crippen molar-refractivity contribution in [1.82, 2.24) is 15.5 Å². The maximum atomic E-state index is 14.0. The summed E-state index contributed by atoms with van der Waals surface area (Å²) in [5.41, 5.74) is -0.0552. The van der Waals surface area contributed by atoms with E-state index in [1.807, 2.05) is 0 Å². The van der Waals surface area contributed by atoms with Gasteiger partial charge < -0.3 is 15.4 Å². The molecule has 0 saturated heterocycles. The van der Waals surface area contributed by atoms with E-state index in [9.17, 15) is 8.78 Å². The quantitative estimate of drug-likeness (QED) is 0.749. The van der Waals surface area contributed by atoms with Crippen LogP contribution in [0.25, 0.3) is 0 Å². The number of hydrogen-bond donors (Lipinski definition) is 2.